The Balaban J connectivity index is 3.37. The number of oxime groups is 1. The van der Waals surface area contributed by atoms with Crippen LogP contribution in [0.3, 0.4) is 0 Å². The van der Waals surface area contributed by atoms with Gasteiger partial charge in [-0.1, -0.05) is 5.16 Å². The predicted molar refractivity (Wildman–Crippen MR) is 71.6 cm³/mol. The van der Waals surface area contributed by atoms with Crippen molar-refractivity contribution in [2.75, 3.05) is 11.4 Å². The lowest BCUT2D eigenvalue weighted by molar-refractivity contribution is -0.384. The normalized spacial score (nSPS) is 11.7. The van der Waals surface area contributed by atoms with Gasteiger partial charge in [-0.05, 0) is 20.8 Å². The van der Waals surface area contributed by atoms with Gasteiger partial charge >= 0.3 is 5.69 Å². The molecule has 0 unspecified atom stereocenters. The SMILES string of the molecule is CCN(c1ncc(C(N)=NO)cc1[N+](=O)[O-])C(C)C. The summed E-state index contributed by atoms with van der Waals surface area (Å²) in [6.45, 7) is 6.33. The van der Waals surface area contributed by atoms with Crippen LogP contribution in [0.1, 0.15) is 26.3 Å². The van der Waals surface area contributed by atoms with Crippen LogP contribution in [0.25, 0.3) is 0 Å². The number of anilines is 1. The lowest BCUT2D eigenvalue weighted by atomic mass is 10.2. The zero-order valence-electron chi connectivity index (χ0n) is 11.1. The monoisotopic (exact) mass is 267 g/mol. The number of nitrogens with zero attached hydrogens (tertiary/aromatic N) is 4. The fourth-order valence-electron chi connectivity index (χ4n) is 1.76. The van der Waals surface area contributed by atoms with Crippen molar-refractivity contribution in [3.05, 3.63) is 27.9 Å². The Morgan fingerprint density at radius 2 is 2.32 bits per heavy atom. The van der Waals surface area contributed by atoms with Gasteiger partial charge in [-0.25, -0.2) is 4.98 Å². The van der Waals surface area contributed by atoms with Crippen molar-refractivity contribution >= 4 is 17.3 Å². The molecule has 0 atom stereocenters. The topological polar surface area (TPSA) is 118 Å². The van der Waals surface area contributed by atoms with Gasteiger partial charge in [0.1, 0.15) is 0 Å². The maximum Gasteiger partial charge on any atom is 0.312 e. The Labute approximate surface area is 110 Å². The minimum absolute atomic E-state index is 0.0749. The molecule has 3 N–H and O–H groups in total. The van der Waals surface area contributed by atoms with Gasteiger partial charge in [0.15, 0.2) is 5.84 Å². The van der Waals surface area contributed by atoms with Crippen LogP contribution in [0.15, 0.2) is 17.4 Å². The molecule has 0 aliphatic heterocycles. The van der Waals surface area contributed by atoms with Crippen molar-refractivity contribution in [3.63, 3.8) is 0 Å². The number of hydrogen-bond donors (Lipinski definition) is 2. The predicted octanol–water partition coefficient (Wildman–Crippen LogP) is 1.32. The van der Waals surface area contributed by atoms with Crippen molar-refractivity contribution in [2.24, 2.45) is 10.9 Å². The summed E-state index contributed by atoms with van der Waals surface area (Å²) < 4.78 is 0. The molecule has 1 aromatic rings. The van der Waals surface area contributed by atoms with E-state index in [2.05, 4.69) is 10.1 Å². The molecule has 0 aliphatic rings. The average molecular weight is 267 g/mol. The lowest BCUT2D eigenvalue weighted by Gasteiger charge is -2.25. The van der Waals surface area contributed by atoms with Gasteiger partial charge in [-0.3, -0.25) is 10.1 Å². The number of hydrogen-bond acceptors (Lipinski definition) is 6. The molecule has 0 bridgehead atoms. The summed E-state index contributed by atoms with van der Waals surface area (Å²) in [5.41, 5.74) is 5.44. The second-order valence-electron chi connectivity index (χ2n) is 4.19. The molecule has 0 radical (unpaired) electrons. The molecule has 8 nitrogen and oxygen atoms in total. The molecular formula is C11H17N5O3. The van der Waals surface area contributed by atoms with Crippen molar-refractivity contribution in [2.45, 2.75) is 26.8 Å². The summed E-state index contributed by atoms with van der Waals surface area (Å²) in [6, 6.07) is 1.33. The van der Waals surface area contributed by atoms with Crippen molar-refractivity contribution in [3.8, 4) is 0 Å². The third kappa shape index (κ3) is 3.09. The molecular weight excluding hydrogens is 250 g/mol. The minimum atomic E-state index is -0.526. The van der Waals surface area contributed by atoms with E-state index in [0.29, 0.717) is 6.54 Å². The maximum absolute atomic E-state index is 11.1. The third-order valence-electron chi connectivity index (χ3n) is 2.68. The molecule has 0 amide bonds. The van der Waals surface area contributed by atoms with E-state index in [1.807, 2.05) is 20.8 Å². The second kappa shape index (κ2) is 5.98. The molecule has 1 rings (SSSR count). The molecule has 0 aliphatic carbocycles. The van der Waals surface area contributed by atoms with E-state index in [1.165, 1.54) is 12.3 Å². The summed E-state index contributed by atoms with van der Waals surface area (Å²) in [6.07, 6.45) is 1.35. The van der Waals surface area contributed by atoms with E-state index in [9.17, 15) is 10.1 Å². The number of pyridine rings is 1. The van der Waals surface area contributed by atoms with Crippen molar-refractivity contribution in [1.29, 1.82) is 0 Å². The van der Waals surface area contributed by atoms with Crippen LogP contribution in [0.2, 0.25) is 0 Å². The first-order chi connectivity index (χ1) is 8.92. The van der Waals surface area contributed by atoms with Gasteiger partial charge in [0, 0.05) is 30.4 Å². The molecule has 1 heterocycles. The molecule has 104 valence electrons. The quantitative estimate of drug-likeness (QED) is 0.273. The number of rotatable bonds is 5. The molecule has 0 saturated carbocycles. The van der Waals surface area contributed by atoms with Gasteiger partial charge in [0.2, 0.25) is 5.82 Å². The first kappa shape index (κ1) is 14.7. The molecule has 0 fully saturated rings. The average Bonchev–Trinajstić information content (AvgIpc) is 2.38. The third-order valence-corrected chi connectivity index (χ3v) is 2.68. The molecule has 8 heteroatoms. The molecule has 1 aromatic heterocycles. The Morgan fingerprint density at radius 3 is 2.74 bits per heavy atom. The Bertz CT molecular complexity index is 501. The van der Waals surface area contributed by atoms with E-state index < -0.39 is 4.92 Å². The van der Waals surface area contributed by atoms with Gasteiger partial charge in [-0.15, -0.1) is 0 Å². The van der Waals surface area contributed by atoms with E-state index in [1.54, 1.807) is 4.90 Å². The van der Waals surface area contributed by atoms with Crippen LogP contribution in [-0.2, 0) is 0 Å². The van der Waals surface area contributed by atoms with E-state index in [0.717, 1.165) is 0 Å². The number of nitro groups is 1. The number of nitrogens with two attached hydrogens (primary N) is 1. The first-order valence-electron chi connectivity index (χ1n) is 5.81. The fraction of sp³-hybridized carbons (Fsp3) is 0.455. The highest BCUT2D eigenvalue weighted by Crippen LogP contribution is 2.27. The van der Waals surface area contributed by atoms with E-state index >= 15 is 0 Å². The smallest absolute Gasteiger partial charge is 0.312 e. The van der Waals surface area contributed by atoms with Crippen LogP contribution >= 0.6 is 0 Å². The van der Waals surface area contributed by atoms with Crippen LogP contribution in [0, 0.1) is 10.1 Å². The fourth-order valence-corrected chi connectivity index (χ4v) is 1.76. The highest BCUT2D eigenvalue weighted by molar-refractivity contribution is 5.97. The summed E-state index contributed by atoms with van der Waals surface area (Å²) in [5, 5.41) is 22.5. The summed E-state index contributed by atoms with van der Waals surface area (Å²) >= 11 is 0. The lowest BCUT2D eigenvalue weighted by Crippen LogP contribution is -2.32. The zero-order chi connectivity index (χ0) is 14.6. The standard InChI is InChI=1S/C11H17N5O3/c1-4-15(7(2)3)11-9(16(18)19)5-8(6-13-11)10(12)14-17/h5-7,17H,4H2,1-3H3,(H2,12,14). The van der Waals surface area contributed by atoms with Crippen molar-refractivity contribution < 1.29 is 10.1 Å². The van der Waals surface area contributed by atoms with E-state index in [4.69, 9.17) is 10.9 Å². The molecule has 0 aromatic carbocycles. The Hall–Kier alpha value is -2.38. The number of aromatic nitrogens is 1. The molecule has 0 spiro atoms. The van der Waals surface area contributed by atoms with Crippen LogP contribution < -0.4 is 10.6 Å². The first-order valence-corrected chi connectivity index (χ1v) is 5.81. The Kier molecular flexibility index (Phi) is 4.62. The number of amidine groups is 1. The second-order valence-corrected chi connectivity index (χ2v) is 4.19. The molecule has 19 heavy (non-hydrogen) atoms. The largest absolute Gasteiger partial charge is 0.409 e. The van der Waals surface area contributed by atoms with E-state index in [-0.39, 0.29) is 28.9 Å². The Morgan fingerprint density at radius 1 is 1.68 bits per heavy atom. The highest BCUT2D eigenvalue weighted by atomic mass is 16.6. The summed E-state index contributed by atoms with van der Waals surface area (Å²) in [5.74, 6) is 0.0618. The maximum atomic E-state index is 11.1. The highest BCUT2D eigenvalue weighted by Gasteiger charge is 2.23. The van der Waals surface area contributed by atoms with Crippen LogP contribution in [0.4, 0.5) is 11.5 Å². The van der Waals surface area contributed by atoms with Crippen LogP contribution in [-0.4, -0.2) is 33.5 Å². The van der Waals surface area contributed by atoms with Crippen LogP contribution in [0.5, 0.6) is 0 Å². The minimum Gasteiger partial charge on any atom is -0.409 e. The van der Waals surface area contributed by atoms with Crippen molar-refractivity contribution in [1.82, 2.24) is 4.98 Å². The van der Waals surface area contributed by atoms with Gasteiger partial charge in [0.05, 0.1) is 4.92 Å². The van der Waals surface area contributed by atoms with Gasteiger partial charge in [-0.2, -0.15) is 0 Å². The molecule has 0 saturated heterocycles. The zero-order valence-corrected chi connectivity index (χ0v) is 11.1. The van der Waals surface area contributed by atoms with Gasteiger partial charge in [0.25, 0.3) is 0 Å². The summed E-state index contributed by atoms with van der Waals surface area (Å²) in [4.78, 5) is 16.5. The summed E-state index contributed by atoms with van der Waals surface area (Å²) in [7, 11) is 0. The van der Waals surface area contributed by atoms with Gasteiger partial charge < -0.3 is 15.8 Å².